The molecule has 0 bridgehead atoms. The van der Waals surface area contributed by atoms with Gasteiger partial charge < -0.3 is 0 Å². The molecule has 0 aliphatic heterocycles. The molecule has 0 saturated carbocycles. The highest BCUT2D eigenvalue weighted by Gasteiger charge is 2.22. The molecular weight excluding hydrogens is 440 g/mol. The zero-order valence-corrected chi connectivity index (χ0v) is 20.6. The third-order valence-corrected chi connectivity index (χ3v) is 7.20. The largest absolute Gasteiger partial charge is 0.286 e. The minimum absolute atomic E-state index is 0.0290. The van der Waals surface area contributed by atoms with Gasteiger partial charge in [-0.25, -0.2) is 4.98 Å². The number of halogens is 1. The standard InChI is InChI=1S/C25H27ClN4OS/c1-15-6-7-20(16(2)12-15)14-23(31)29(10-11-30-18(4)13-17(3)28-30)25-27-24-19(5)21(26)8-9-22(24)32-25/h6-9,12-13H,10-11,14H2,1-5H3. The Kier molecular flexibility index (Phi) is 6.35. The quantitative estimate of drug-likeness (QED) is 0.352. The molecule has 1 amide bonds. The molecule has 0 fully saturated rings. The van der Waals surface area contributed by atoms with Crippen molar-refractivity contribution in [3.8, 4) is 0 Å². The zero-order valence-electron chi connectivity index (χ0n) is 19.1. The van der Waals surface area contributed by atoms with Crippen LogP contribution in [0.1, 0.15) is 33.6 Å². The van der Waals surface area contributed by atoms with Crippen molar-refractivity contribution in [2.24, 2.45) is 0 Å². The number of amides is 1. The lowest BCUT2D eigenvalue weighted by molar-refractivity contribution is -0.118. The fourth-order valence-corrected chi connectivity index (χ4v) is 5.15. The van der Waals surface area contributed by atoms with Crippen LogP contribution in [-0.2, 0) is 17.8 Å². The predicted molar refractivity (Wildman–Crippen MR) is 133 cm³/mol. The van der Waals surface area contributed by atoms with Crippen LogP contribution in [0, 0.1) is 34.6 Å². The van der Waals surface area contributed by atoms with Crippen LogP contribution in [0.5, 0.6) is 0 Å². The summed E-state index contributed by atoms with van der Waals surface area (Å²) >= 11 is 7.83. The Morgan fingerprint density at radius 3 is 2.56 bits per heavy atom. The summed E-state index contributed by atoms with van der Waals surface area (Å²) < 4.78 is 2.97. The molecular formula is C25H27ClN4OS. The number of anilines is 1. The van der Waals surface area contributed by atoms with E-state index < -0.39 is 0 Å². The van der Waals surface area contributed by atoms with Gasteiger partial charge in [0.25, 0.3) is 0 Å². The lowest BCUT2D eigenvalue weighted by atomic mass is 10.0. The molecule has 0 N–H and O–H groups in total. The van der Waals surface area contributed by atoms with E-state index in [4.69, 9.17) is 16.6 Å². The van der Waals surface area contributed by atoms with Gasteiger partial charge in [0, 0.05) is 17.3 Å². The topological polar surface area (TPSA) is 51.0 Å². The number of benzene rings is 2. The van der Waals surface area contributed by atoms with E-state index >= 15 is 0 Å². The third kappa shape index (κ3) is 4.57. The first-order valence-corrected chi connectivity index (χ1v) is 11.9. The Bertz CT molecular complexity index is 1310. The smallest absolute Gasteiger partial charge is 0.233 e. The molecule has 0 aliphatic carbocycles. The number of hydrogen-bond donors (Lipinski definition) is 0. The minimum Gasteiger partial charge on any atom is -0.286 e. The second kappa shape index (κ2) is 9.04. The lowest BCUT2D eigenvalue weighted by Crippen LogP contribution is -2.35. The van der Waals surface area contributed by atoms with Crippen LogP contribution in [0.15, 0.2) is 36.4 Å². The molecule has 32 heavy (non-hydrogen) atoms. The lowest BCUT2D eigenvalue weighted by Gasteiger charge is -2.21. The Hall–Kier alpha value is -2.70. The van der Waals surface area contributed by atoms with Gasteiger partial charge in [-0.1, -0.05) is 46.7 Å². The Labute approximate surface area is 197 Å². The van der Waals surface area contributed by atoms with Gasteiger partial charge >= 0.3 is 0 Å². The Morgan fingerprint density at radius 2 is 1.88 bits per heavy atom. The molecule has 4 aromatic rings. The third-order valence-electron chi connectivity index (χ3n) is 5.75. The maximum absolute atomic E-state index is 13.5. The van der Waals surface area contributed by atoms with Crippen molar-refractivity contribution < 1.29 is 4.79 Å². The highest BCUT2D eigenvalue weighted by molar-refractivity contribution is 7.22. The highest BCUT2D eigenvalue weighted by Crippen LogP contribution is 2.34. The average molecular weight is 467 g/mol. The second-order valence-electron chi connectivity index (χ2n) is 8.32. The van der Waals surface area contributed by atoms with Crippen molar-refractivity contribution in [3.05, 3.63) is 75.1 Å². The van der Waals surface area contributed by atoms with Crippen LogP contribution in [0.4, 0.5) is 5.13 Å². The summed E-state index contributed by atoms with van der Waals surface area (Å²) in [5.74, 6) is 0.0290. The monoisotopic (exact) mass is 466 g/mol. The molecule has 0 radical (unpaired) electrons. The van der Waals surface area contributed by atoms with Crippen molar-refractivity contribution in [1.29, 1.82) is 0 Å². The molecule has 0 unspecified atom stereocenters. The fourth-order valence-electron chi connectivity index (χ4n) is 3.93. The van der Waals surface area contributed by atoms with E-state index in [0.717, 1.165) is 38.3 Å². The fraction of sp³-hybridized carbons (Fsp3) is 0.320. The molecule has 0 atom stereocenters. The molecule has 2 aromatic heterocycles. The minimum atomic E-state index is 0.0290. The van der Waals surface area contributed by atoms with Gasteiger partial charge in [0.05, 0.1) is 28.9 Å². The van der Waals surface area contributed by atoms with Gasteiger partial charge in [0.15, 0.2) is 5.13 Å². The molecule has 2 heterocycles. The molecule has 0 aliphatic rings. The van der Waals surface area contributed by atoms with Gasteiger partial charge in [-0.2, -0.15) is 5.10 Å². The van der Waals surface area contributed by atoms with Crippen LogP contribution in [-0.4, -0.2) is 27.2 Å². The summed E-state index contributed by atoms with van der Waals surface area (Å²) in [5.41, 5.74) is 7.21. The maximum atomic E-state index is 13.5. The first-order valence-electron chi connectivity index (χ1n) is 10.7. The normalized spacial score (nSPS) is 11.3. The van der Waals surface area contributed by atoms with Gasteiger partial charge in [0.1, 0.15) is 0 Å². The number of carbonyl (C=O) groups is 1. The number of rotatable bonds is 6. The molecule has 4 rings (SSSR count). The number of aryl methyl sites for hydroxylation is 5. The summed E-state index contributed by atoms with van der Waals surface area (Å²) in [4.78, 5) is 20.1. The summed E-state index contributed by atoms with van der Waals surface area (Å²) in [6, 6.07) is 12.1. The predicted octanol–water partition coefficient (Wildman–Crippen LogP) is 5.96. The summed E-state index contributed by atoms with van der Waals surface area (Å²) in [7, 11) is 0. The van der Waals surface area contributed by atoms with Gasteiger partial charge in [0.2, 0.25) is 5.91 Å². The van der Waals surface area contributed by atoms with Crippen LogP contribution in [0.25, 0.3) is 10.2 Å². The Morgan fingerprint density at radius 1 is 1.09 bits per heavy atom. The summed E-state index contributed by atoms with van der Waals surface area (Å²) in [6.07, 6.45) is 0.332. The summed E-state index contributed by atoms with van der Waals surface area (Å²) in [5, 5.41) is 5.94. The van der Waals surface area contributed by atoms with E-state index in [1.54, 1.807) is 4.90 Å². The molecule has 0 saturated heterocycles. The van der Waals surface area contributed by atoms with Crippen LogP contribution >= 0.6 is 22.9 Å². The van der Waals surface area contributed by atoms with E-state index in [2.05, 4.69) is 31.1 Å². The highest BCUT2D eigenvalue weighted by atomic mass is 35.5. The van der Waals surface area contributed by atoms with E-state index in [0.29, 0.717) is 29.7 Å². The van der Waals surface area contributed by atoms with E-state index in [9.17, 15) is 4.79 Å². The van der Waals surface area contributed by atoms with Crippen molar-refractivity contribution in [1.82, 2.24) is 14.8 Å². The second-order valence-corrected chi connectivity index (χ2v) is 9.73. The van der Waals surface area contributed by atoms with Gasteiger partial charge in [-0.05, 0) is 69.5 Å². The maximum Gasteiger partial charge on any atom is 0.233 e. The molecule has 166 valence electrons. The van der Waals surface area contributed by atoms with Crippen LogP contribution in [0.3, 0.4) is 0 Å². The number of fused-ring (bicyclic) bond motifs is 1. The van der Waals surface area contributed by atoms with E-state index in [1.807, 2.05) is 49.7 Å². The molecule has 7 heteroatoms. The molecule has 0 spiro atoms. The zero-order chi connectivity index (χ0) is 23.0. The van der Waals surface area contributed by atoms with Crippen molar-refractivity contribution in [2.75, 3.05) is 11.4 Å². The van der Waals surface area contributed by atoms with Gasteiger partial charge in [-0.15, -0.1) is 0 Å². The first kappa shape index (κ1) is 22.5. The number of nitrogens with zero attached hydrogens (tertiary/aromatic N) is 4. The number of thiazole rings is 1. The molecule has 5 nitrogen and oxygen atoms in total. The van der Waals surface area contributed by atoms with Crippen molar-refractivity contribution in [2.45, 2.75) is 47.6 Å². The van der Waals surface area contributed by atoms with Crippen LogP contribution in [0.2, 0.25) is 5.02 Å². The first-order chi connectivity index (χ1) is 15.2. The van der Waals surface area contributed by atoms with Crippen molar-refractivity contribution in [3.63, 3.8) is 0 Å². The SMILES string of the molecule is Cc1ccc(CC(=O)N(CCn2nc(C)cc2C)c2nc3c(C)c(Cl)ccc3s2)c(C)c1. The van der Waals surface area contributed by atoms with Crippen molar-refractivity contribution >= 4 is 44.2 Å². The molecule has 2 aromatic carbocycles. The number of hydrogen-bond acceptors (Lipinski definition) is 4. The van der Waals surface area contributed by atoms with E-state index in [-0.39, 0.29) is 5.91 Å². The van der Waals surface area contributed by atoms with E-state index in [1.165, 1.54) is 16.9 Å². The number of aromatic nitrogens is 3. The number of carbonyl (C=O) groups excluding carboxylic acids is 1. The van der Waals surface area contributed by atoms with Crippen LogP contribution < -0.4 is 4.90 Å². The summed E-state index contributed by atoms with van der Waals surface area (Å²) in [6.45, 7) is 11.2. The van der Waals surface area contributed by atoms with Gasteiger partial charge in [-0.3, -0.25) is 14.4 Å². The Balaban J connectivity index is 1.68. The average Bonchev–Trinajstić information content (AvgIpc) is 3.30.